The molecule has 0 bridgehead atoms. The monoisotopic (exact) mass is 186 g/mol. The first-order valence-corrected chi connectivity index (χ1v) is 4.82. The van der Waals surface area contributed by atoms with Crippen molar-refractivity contribution in [3.05, 3.63) is 0 Å². The Morgan fingerprint density at radius 2 is 2.46 bits per heavy atom. The summed E-state index contributed by atoms with van der Waals surface area (Å²) in [7, 11) is 0. The Morgan fingerprint density at radius 3 is 3.00 bits per heavy atom. The van der Waals surface area contributed by atoms with Crippen molar-refractivity contribution in [2.24, 2.45) is 0 Å². The first kappa shape index (κ1) is 10.3. The highest BCUT2D eigenvalue weighted by atomic mass is 16.5. The van der Waals surface area contributed by atoms with Crippen LogP contribution in [0.1, 0.15) is 26.7 Å². The molecule has 0 aromatic heterocycles. The van der Waals surface area contributed by atoms with Crippen molar-refractivity contribution in [1.82, 2.24) is 10.6 Å². The molecular formula is C9H18N2O2. The molecule has 1 aliphatic rings. The molecule has 0 spiro atoms. The fourth-order valence-electron chi connectivity index (χ4n) is 1.56. The van der Waals surface area contributed by atoms with Crippen LogP contribution in [0.3, 0.4) is 0 Å². The van der Waals surface area contributed by atoms with Crippen LogP contribution >= 0.6 is 0 Å². The Hall–Kier alpha value is -0.770. The number of alkyl carbamates (subject to hydrolysis) is 1. The normalized spacial score (nSPS) is 27.2. The summed E-state index contributed by atoms with van der Waals surface area (Å²) in [5.41, 5.74) is 0.0623. The molecule has 0 saturated carbocycles. The fourth-order valence-corrected chi connectivity index (χ4v) is 1.56. The number of nitrogens with one attached hydrogen (secondary N) is 2. The zero-order valence-electron chi connectivity index (χ0n) is 8.35. The summed E-state index contributed by atoms with van der Waals surface area (Å²) >= 11 is 0. The minimum Gasteiger partial charge on any atom is -0.450 e. The molecule has 1 heterocycles. The zero-order chi connectivity index (χ0) is 9.73. The highest BCUT2D eigenvalue weighted by Gasteiger charge is 2.28. The minimum absolute atomic E-state index is 0.0623. The predicted molar refractivity (Wildman–Crippen MR) is 50.7 cm³/mol. The molecule has 4 heteroatoms. The third-order valence-electron chi connectivity index (χ3n) is 2.36. The molecule has 4 nitrogen and oxygen atoms in total. The number of ether oxygens (including phenoxy) is 1. The van der Waals surface area contributed by atoms with Gasteiger partial charge in [-0.1, -0.05) is 0 Å². The van der Waals surface area contributed by atoms with E-state index in [-0.39, 0.29) is 11.6 Å². The summed E-state index contributed by atoms with van der Waals surface area (Å²) in [5, 5.41) is 6.10. The van der Waals surface area contributed by atoms with Crippen LogP contribution in [0.2, 0.25) is 0 Å². The number of rotatable bonds is 3. The minimum atomic E-state index is -0.322. The maximum atomic E-state index is 11.0. The van der Waals surface area contributed by atoms with Gasteiger partial charge in [-0.15, -0.1) is 0 Å². The number of carbonyl (C=O) groups excluding carboxylic acids is 1. The maximum Gasteiger partial charge on any atom is 0.407 e. The van der Waals surface area contributed by atoms with Gasteiger partial charge in [-0.2, -0.15) is 0 Å². The van der Waals surface area contributed by atoms with E-state index in [4.69, 9.17) is 4.74 Å². The molecule has 0 aromatic rings. The Labute approximate surface area is 79.0 Å². The number of hydrogen-bond donors (Lipinski definition) is 2. The quantitative estimate of drug-likeness (QED) is 0.687. The van der Waals surface area contributed by atoms with Crippen molar-refractivity contribution in [2.75, 3.05) is 19.7 Å². The fraction of sp³-hybridized carbons (Fsp3) is 0.889. The molecule has 1 saturated heterocycles. The number of amides is 1. The standard InChI is InChI=1S/C9H18N2O2/c1-3-13-8(12)10-7-9(2)5-4-6-11-9/h11H,3-7H2,1-2H3,(H,10,12). The lowest BCUT2D eigenvalue weighted by atomic mass is 10.0. The van der Waals surface area contributed by atoms with Gasteiger partial charge in [0.05, 0.1) is 6.61 Å². The molecule has 1 rings (SSSR count). The van der Waals surface area contributed by atoms with Crippen LogP contribution in [-0.2, 0) is 4.74 Å². The van der Waals surface area contributed by atoms with Crippen LogP contribution in [-0.4, -0.2) is 31.3 Å². The van der Waals surface area contributed by atoms with E-state index in [1.807, 2.05) is 0 Å². The topological polar surface area (TPSA) is 50.4 Å². The molecular weight excluding hydrogens is 168 g/mol. The summed E-state index contributed by atoms with van der Waals surface area (Å²) in [4.78, 5) is 11.0. The molecule has 1 fully saturated rings. The second-order valence-corrected chi connectivity index (χ2v) is 3.67. The summed E-state index contributed by atoms with van der Waals surface area (Å²) in [6.07, 6.45) is 1.97. The molecule has 0 aromatic carbocycles. The van der Waals surface area contributed by atoms with Gasteiger partial charge in [-0.05, 0) is 33.2 Å². The average Bonchev–Trinajstić information content (AvgIpc) is 2.51. The first-order valence-electron chi connectivity index (χ1n) is 4.82. The highest BCUT2D eigenvalue weighted by Crippen LogP contribution is 2.16. The molecule has 1 unspecified atom stereocenters. The lowest BCUT2D eigenvalue weighted by molar-refractivity contribution is 0.149. The summed E-state index contributed by atoms with van der Waals surface area (Å²) in [5.74, 6) is 0. The van der Waals surface area contributed by atoms with Crippen LogP contribution in [0.15, 0.2) is 0 Å². The van der Waals surface area contributed by atoms with Crippen LogP contribution in [0, 0.1) is 0 Å². The van der Waals surface area contributed by atoms with E-state index in [0.29, 0.717) is 13.2 Å². The van der Waals surface area contributed by atoms with Gasteiger partial charge < -0.3 is 15.4 Å². The van der Waals surface area contributed by atoms with E-state index in [2.05, 4.69) is 17.6 Å². The van der Waals surface area contributed by atoms with Gasteiger partial charge >= 0.3 is 6.09 Å². The van der Waals surface area contributed by atoms with Crippen molar-refractivity contribution in [3.63, 3.8) is 0 Å². The van der Waals surface area contributed by atoms with E-state index in [9.17, 15) is 4.79 Å². The van der Waals surface area contributed by atoms with Crippen LogP contribution < -0.4 is 10.6 Å². The van der Waals surface area contributed by atoms with Gasteiger partial charge in [0.15, 0.2) is 0 Å². The molecule has 0 radical (unpaired) electrons. The van der Waals surface area contributed by atoms with E-state index < -0.39 is 0 Å². The van der Waals surface area contributed by atoms with Gasteiger partial charge in [0.1, 0.15) is 0 Å². The zero-order valence-corrected chi connectivity index (χ0v) is 8.35. The van der Waals surface area contributed by atoms with Crippen molar-refractivity contribution in [1.29, 1.82) is 0 Å². The van der Waals surface area contributed by atoms with E-state index in [1.54, 1.807) is 6.92 Å². The van der Waals surface area contributed by atoms with Crippen molar-refractivity contribution >= 4 is 6.09 Å². The van der Waals surface area contributed by atoms with Crippen LogP contribution in [0.25, 0.3) is 0 Å². The third kappa shape index (κ3) is 3.22. The second kappa shape index (κ2) is 4.46. The Balaban J connectivity index is 2.21. The van der Waals surface area contributed by atoms with Gasteiger partial charge in [0.2, 0.25) is 0 Å². The predicted octanol–water partition coefficient (Wildman–Crippen LogP) is 0.875. The van der Waals surface area contributed by atoms with Gasteiger partial charge in [0.25, 0.3) is 0 Å². The molecule has 76 valence electrons. The van der Waals surface area contributed by atoms with Crippen molar-refractivity contribution in [2.45, 2.75) is 32.2 Å². The summed E-state index contributed by atoms with van der Waals surface area (Å²) in [6.45, 7) is 6.03. The lowest BCUT2D eigenvalue weighted by Crippen LogP contribution is -2.47. The molecule has 1 atom stereocenters. The molecule has 2 N–H and O–H groups in total. The van der Waals surface area contributed by atoms with E-state index in [0.717, 1.165) is 13.0 Å². The smallest absolute Gasteiger partial charge is 0.407 e. The maximum absolute atomic E-state index is 11.0. The van der Waals surface area contributed by atoms with Gasteiger partial charge in [-0.3, -0.25) is 0 Å². The Kier molecular flexibility index (Phi) is 3.54. The molecule has 0 aliphatic carbocycles. The van der Waals surface area contributed by atoms with E-state index in [1.165, 1.54) is 6.42 Å². The molecule has 1 aliphatic heterocycles. The average molecular weight is 186 g/mol. The largest absolute Gasteiger partial charge is 0.450 e. The van der Waals surface area contributed by atoms with Crippen LogP contribution in [0.4, 0.5) is 4.79 Å². The van der Waals surface area contributed by atoms with Crippen molar-refractivity contribution in [3.8, 4) is 0 Å². The number of hydrogen-bond acceptors (Lipinski definition) is 3. The lowest BCUT2D eigenvalue weighted by Gasteiger charge is -2.24. The SMILES string of the molecule is CCOC(=O)NCC1(C)CCCN1. The number of carbonyl (C=O) groups is 1. The Bertz CT molecular complexity index is 176. The third-order valence-corrected chi connectivity index (χ3v) is 2.36. The summed E-state index contributed by atoms with van der Waals surface area (Å²) < 4.78 is 4.77. The Morgan fingerprint density at radius 1 is 1.69 bits per heavy atom. The van der Waals surface area contributed by atoms with Crippen LogP contribution in [0.5, 0.6) is 0 Å². The second-order valence-electron chi connectivity index (χ2n) is 3.67. The summed E-state index contributed by atoms with van der Waals surface area (Å²) in [6, 6.07) is 0. The highest BCUT2D eigenvalue weighted by molar-refractivity contribution is 5.67. The van der Waals surface area contributed by atoms with E-state index >= 15 is 0 Å². The van der Waals surface area contributed by atoms with Crippen molar-refractivity contribution < 1.29 is 9.53 Å². The van der Waals surface area contributed by atoms with Gasteiger partial charge in [0, 0.05) is 12.1 Å². The van der Waals surface area contributed by atoms with Gasteiger partial charge in [-0.25, -0.2) is 4.79 Å². The first-order chi connectivity index (χ1) is 6.16. The molecule has 13 heavy (non-hydrogen) atoms. The molecule has 1 amide bonds.